The van der Waals surface area contributed by atoms with Crippen LogP contribution in [0.25, 0.3) is 11.0 Å². The number of fused-ring (bicyclic) bond motifs is 2. The average Bonchev–Trinajstić information content (AvgIpc) is 3.53. The smallest absolute Gasteiger partial charge is 0.322 e. The summed E-state index contributed by atoms with van der Waals surface area (Å²) in [4.78, 5) is 20.1. The number of carbonyl (C=O) groups is 1. The Hall–Kier alpha value is -2.90. The van der Waals surface area contributed by atoms with Gasteiger partial charge in [0.05, 0.1) is 17.1 Å². The summed E-state index contributed by atoms with van der Waals surface area (Å²) < 4.78 is 2.36. The van der Waals surface area contributed by atoms with Crippen LogP contribution in [-0.2, 0) is 19.5 Å². The molecule has 3 aromatic rings. The molecule has 170 valence electrons. The number of hydrogen-bond donors (Lipinski definition) is 2. The molecule has 0 bridgehead atoms. The first kappa shape index (κ1) is 22.3. The molecule has 7 nitrogen and oxygen atoms in total. The van der Waals surface area contributed by atoms with E-state index < -0.39 is 0 Å². The summed E-state index contributed by atoms with van der Waals surface area (Å²) in [6.07, 6.45) is 3.96. The Bertz CT molecular complexity index is 1120. The standard InChI is InChI=1S/C25H31N5O.H2O/c1-16(2)11-12-29-22-10-7-17(15-26)13-21(22)27-24(29)14-23-19-5-3-4-6-20(19)28-25(31)30(23)18-8-9-18;/h3-7,10,13,16,18,23H,8-9,11-12,14-15,26H2,1-2H3,(H,28,31);1H2. The van der Waals surface area contributed by atoms with E-state index in [0.717, 1.165) is 53.9 Å². The lowest BCUT2D eigenvalue weighted by atomic mass is 9.97. The highest BCUT2D eigenvalue weighted by atomic mass is 16.2. The van der Waals surface area contributed by atoms with Crippen LogP contribution in [0.5, 0.6) is 0 Å². The number of hydrogen-bond acceptors (Lipinski definition) is 3. The molecule has 1 fully saturated rings. The Balaban J connectivity index is 0.00000245. The molecule has 0 spiro atoms. The van der Waals surface area contributed by atoms with Crippen LogP contribution in [0.2, 0.25) is 0 Å². The van der Waals surface area contributed by atoms with Gasteiger partial charge >= 0.3 is 6.03 Å². The number of benzene rings is 2. The average molecular weight is 436 g/mol. The number of rotatable bonds is 7. The number of amides is 2. The Labute approximate surface area is 188 Å². The molecule has 7 heteroatoms. The van der Waals surface area contributed by atoms with Gasteiger partial charge in [-0.05, 0) is 54.5 Å². The molecular weight excluding hydrogens is 402 g/mol. The fourth-order valence-electron chi connectivity index (χ4n) is 4.67. The zero-order valence-corrected chi connectivity index (χ0v) is 18.8. The van der Waals surface area contributed by atoms with E-state index in [0.29, 0.717) is 24.9 Å². The predicted molar refractivity (Wildman–Crippen MR) is 127 cm³/mol. The second-order valence-electron chi connectivity index (χ2n) is 9.27. The van der Waals surface area contributed by atoms with Crippen molar-refractivity contribution in [3.8, 4) is 0 Å². The van der Waals surface area contributed by atoms with Crippen LogP contribution in [0.4, 0.5) is 10.5 Å². The van der Waals surface area contributed by atoms with Crippen molar-refractivity contribution in [2.45, 2.75) is 64.7 Å². The number of urea groups is 1. The largest absolute Gasteiger partial charge is 0.412 e. The molecule has 1 saturated carbocycles. The second-order valence-corrected chi connectivity index (χ2v) is 9.27. The highest BCUT2D eigenvalue weighted by molar-refractivity contribution is 5.93. The first-order valence-corrected chi connectivity index (χ1v) is 11.4. The SMILES string of the molecule is CC(C)CCn1c(CC2c3ccccc3NC(=O)N2C2CC2)nc2cc(CN)ccc21.O. The first-order valence-electron chi connectivity index (χ1n) is 11.4. The van der Waals surface area contributed by atoms with Crippen LogP contribution >= 0.6 is 0 Å². The summed E-state index contributed by atoms with van der Waals surface area (Å²) in [5, 5.41) is 3.09. The number of nitrogens with one attached hydrogen (secondary N) is 1. The highest BCUT2D eigenvalue weighted by Gasteiger charge is 2.42. The Morgan fingerprint density at radius 1 is 1.19 bits per heavy atom. The summed E-state index contributed by atoms with van der Waals surface area (Å²) >= 11 is 0. The van der Waals surface area contributed by atoms with Gasteiger partial charge in [0, 0.05) is 31.2 Å². The van der Waals surface area contributed by atoms with Crippen molar-refractivity contribution in [1.29, 1.82) is 0 Å². The molecule has 0 radical (unpaired) electrons. The molecule has 1 aliphatic heterocycles. The van der Waals surface area contributed by atoms with Gasteiger partial charge in [0.25, 0.3) is 0 Å². The van der Waals surface area contributed by atoms with Crippen LogP contribution < -0.4 is 11.1 Å². The lowest BCUT2D eigenvalue weighted by molar-refractivity contribution is 0.178. The molecule has 2 amide bonds. The van der Waals surface area contributed by atoms with Crippen molar-refractivity contribution in [2.24, 2.45) is 11.7 Å². The van der Waals surface area contributed by atoms with Gasteiger partial charge in [-0.25, -0.2) is 9.78 Å². The first-order chi connectivity index (χ1) is 15.0. The second kappa shape index (κ2) is 8.92. The van der Waals surface area contributed by atoms with E-state index in [1.807, 2.05) is 12.1 Å². The van der Waals surface area contributed by atoms with E-state index in [1.54, 1.807) is 0 Å². The van der Waals surface area contributed by atoms with Gasteiger partial charge in [-0.1, -0.05) is 38.1 Å². The molecule has 5 N–H and O–H groups in total. The van der Waals surface area contributed by atoms with Crippen molar-refractivity contribution in [2.75, 3.05) is 5.32 Å². The Morgan fingerprint density at radius 3 is 2.69 bits per heavy atom. The molecule has 1 unspecified atom stereocenters. The number of aromatic nitrogens is 2. The number of nitrogens with two attached hydrogens (primary N) is 1. The third-order valence-corrected chi connectivity index (χ3v) is 6.51. The van der Waals surface area contributed by atoms with Crippen LogP contribution in [-0.4, -0.2) is 32.0 Å². The third kappa shape index (κ3) is 4.10. The van der Waals surface area contributed by atoms with Crippen molar-refractivity contribution in [1.82, 2.24) is 14.5 Å². The monoisotopic (exact) mass is 435 g/mol. The third-order valence-electron chi connectivity index (χ3n) is 6.51. The van der Waals surface area contributed by atoms with Gasteiger partial charge in [0.2, 0.25) is 0 Å². The van der Waals surface area contributed by atoms with E-state index in [-0.39, 0.29) is 17.5 Å². The minimum atomic E-state index is 0. The van der Waals surface area contributed by atoms with Crippen molar-refractivity contribution < 1.29 is 10.3 Å². The molecule has 2 aromatic carbocycles. The summed E-state index contributed by atoms with van der Waals surface area (Å²) in [7, 11) is 0. The van der Waals surface area contributed by atoms with Crippen LogP contribution in [0.15, 0.2) is 42.5 Å². The van der Waals surface area contributed by atoms with E-state index in [1.165, 1.54) is 5.56 Å². The topological polar surface area (TPSA) is 108 Å². The molecule has 2 heterocycles. The van der Waals surface area contributed by atoms with E-state index in [4.69, 9.17) is 10.7 Å². The Kier molecular flexibility index (Phi) is 6.22. The number of anilines is 1. The fourth-order valence-corrected chi connectivity index (χ4v) is 4.67. The fraction of sp³-hybridized carbons (Fsp3) is 0.440. The molecule has 32 heavy (non-hydrogen) atoms. The molecule has 2 aliphatic rings. The quantitative estimate of drug-likeness (QED) is 0.585. The van der Waals surface area contributed by atoms with Gasteiger partial charge in [-0.15, -0.1) is 0 Å². The predicted octanol–water partition coefficient (Wildman–Crippen LogP) is 4.01. The maximum atomic E-state index is 13.0. The van der Waals surface area contributed by atoms with E-state index in [2.05, 4.69) is 59.0 Å². The molecule has 1 aromatic heterocycles. The number of imidazole rings is 1. The normalized spacial score (nSPS) is 17.9. The van der Waals surface area contributed by atoms with E-state index in [9.17, 15) is 4.79 Å². The molecule has 0 saturated heterocycles. The van der Waals surface area contributed by atoms with E-state index >= 15 is 0 Å². The maximum absolute atomic E-state index is 13.0. The number of aryl methyl sites for hydroxylation is 1. The van der Waals surface area contributed by atoms with Gasteiger partial charge in [-0.3, -0.25) is 0 Å². The minimum absolute atomic E-state index is 0. The Morgan fingerprint density at radius 2 is 1.97 bits per heavy atom. The summed E-state index contributed by atoms with van der Waals surface area (Å²) in [6, 6.07) is 14.9. The summed E-state index contributed by atoms with van der Waals surface area (Å²) in [5.41, 5.74) is 11.2. The maximum Gasteiger partial charge on any atom is 0.322 e. The number of para-hydroxylation sites is 1. The molecular formula is C25H33N5O2. The van der Waals surface area contributed by atoms with Crippen LogP contribution in [0.3, 0.4) is 0 Å². The van der Waals surface area contributed by atoms with Gasteiger partial charge in [0.1, 0.15) is 5.82 Å². The molecule has 1 aliphatic carbocycles. The minimum Gasteiger partial charge on any atom is -0.412 e. The highest BCUT2D eigenvalue weighted by Crippen LogP contribution is 2.42. The molecule has 5 rings (SSSR count). The van der Waals surface area contributed by atoms with Crippen molar-refractivity contribution >= 4 is 22.8 Å². The number of nitrogens with zero attached hydrogens (tertiary/aromatic N) is 3. The summed E-state index contributed by atoms with van der Waals surface area (Å²) in [5.74, 6) is 1.66. The molecule has 1 atom stereocenters. The summed E-state index contributed by atoms with van der Waals surface area (Å²) in [6.45, 7) is 5.94. The zero-order chi connectivity index (χ0) is 21.5. The zero-order valence-electron chi connectivity index (χ0n) is 18.8. The van der Waals surface area contributed by atoms with Gasteiger partial charge in [-0.2, -0.15) is 0 Å². The lowest BCUT2D eigenvalue weighted by Crippen LogP contribution is -2.44. The van der Waals surface area contributed by atoms with Crippen LogP contribution in [0.1, 0.15) is 56.1 Å². The van der Waals surface area contributed by atoms with Crippen LogP contribution in [0, 0.1) is 5.92 Å². The van der Waals surface area contributed by atoms with Crippen molar-refractivity contribution in [3.63, 3.8) is 0 Å². The lowest BCUT2D eigenvalue weighted by Gasteiger charge is -2.37. The van der Waals surface area contributed by atoms with Crippen molar-refractivity contribution in [3.05, 3.63) is 59.4 Å². The van der Waals surface area contributed by atoms with Gasteiger partial charge in [0.15, 0.2) is 0 Å². The number of carbonyl (C=O) groups excluding carboxylic acids is 1. The van der Waals surface area contributed by atoms with Gasteiger partial charge < -0.3 is 26.0 Å².